The predicted molar refractivity (Wildman–Crippen MR) is 127 cm³/mol. The van der Waals surface area contributed by atoms with Gasteiger partial charge < -0.3 is 13.7 Å². The van der Waals surface area contributed by atoms with Crippen LogP contribution in [0.2, 0.25) is 13.1 Å². The lowest BCUT2D eigenvalue weighted by atomic mass is 9.84. The van der Waals surface area contributed by atoms with Crippen LogP contribution in [0.4, 0.5) is 0 Å². The first kappa shape index (κ1) is 26.6. The van der Waals surface area contributed by atoms with Gasteiger partial charge in [0.15, 0.2) is 9.04 Å². The molecule has 0 saturated carbocycles. The van der Waals surface area contributed by atoms with Gasteiger partial charge in [0.1, 0.15) is 11.9 Å². The Labute approximate surface area is 190 Å². The summed E-state index contributed by atoms with van der Waals surface area (Å²) in [6.45, 7) is 22.4. The van der Waals surface area contributed by atoms with Gasteiger partial charge in [-0.05, 0) is 77.7 Å². The van der Waals surface area contributed by atoms with E-state index in [2.05, 4.69) is 39.9 Å². The Morgan fingerprint density at radius 3 is 1.90 bits per heavy atom. The van der Waals surface area contributed by atoms with Crippen molar-refractivity contribution in [1.29, 1.82) is 0 Å². The van der Waals surface area contributed by atoms with Gasteiger partial charge in [0.05, 0.1) is 23.9 Å². The minimum atomic E-state index is -3.94. The molecule has 1 aliphatic heterocycles. The zero-order valence-corrected chi connectivity index (χ0v) is 23.1. The van der Waals surface area contributed by atoms with Crippen LogP contribution in [-0.4, -0.2) is 26.8 Å². The van der Waals surface area contributed by atoms with Gasteiger partial charge in [-0.15, -0.1) is 0 Å². The van der Waals surface area contributed by atoms with Gasteiger partial charge in [0.2, 0.25) is 0 Å². The van der Waals surface area contributed by atoms with E-state index < -0.39 is 28.1 Å². The zero-order valence-electron chi connectivity index (χ0n) is 21.1. The fourth-order valence-electron chi connectivity index (χ4n) is 3.16. The van der Waals surface area contributed by atoms with E-state index in [0.29, 0.717) is 12.4 Å². The number of benzene rings is 1. The third-order valence-electron chi connectivity index (χ3n) is 4.20. The summed E-state index contributed by atoms with van der Waals surface area (Å²) >= 11 is 0. The lowest BCUT2D eigenvalue weighted by molar-refractivity contribution is 0.0213. The molecule has 1 aromatic carbocycles. The van der Waals surface area contributed by atoms with E-state index >= 15 is 0 Å². The first-order valence-electron chi connectivity index (χ1n) is 11.0. The highest BCUT2D eigenvalue weighted by molar-refractivity contribution is 7.49. The molecule has 1 heterocycles. The van der Waals surface area contributed by atoms with Crippen LogP contribution in [0.1, 0.15) is 85.6 Å². The van der Waals surface area contributed by atoms with Crippen molar-refractivity contribution in [2.24, 2.45) is 5.41 Å². The van der Waals surface area contributed by atoms with E-state index in [1.54, 1.807) is 0 Å². The molecule has 2 atom stereocenters. The van der Waals surface area contributed by atoms with E-state index in [1.165, 1.54) is 0 Å². The minimum absolute atomic E-state index is 0.0909. The Kier molecular flexibility index (Phi) is 7.95. The summed E-state index contributed by atoms with van der Waals surface area (Å²) in [5.74, 6) is 0.454. The van der Waals surface area contributed by atoms with Gasteiger partial charge >= 0.3 is 7.82 Å². The predicted octanol–water partition coefficient (Wildman–Crippen LogP) is 6.96. The molecule has 1 aliphatic rings. The number of hydrogen-bond acceptors (Lipinski definition) is 6. The molecule has 2 rings (SSSR count). The van der Waals surface area contributed by atoms with Crippen molar-refractivity contribution in [3.05, 3.63) is 29.3 Å². The summed E-state index contributed by atoms with van der Waals surface area (Å²) in [7, 11) is -5.32. The van der Waals surface area contributed by atoms with Crippen LogP contribution in [-0.2, 0) is 22.8 Å². The molecule has 0 amide bonds. The van der Waals surface area contributed by atoms with E-state index in [9.17, 15) is 4.57 Å². The maximum absolute atomic E-state index is 13.8. The highest BCUT2D eigenvalue weighted by Gasteiger charge is 2.41. The van der Waals surface area contributed by atoms with Gasteiger partial charge in [-0.1, -0.05) is 26.8 Å². The number of phosphoric ester groups is 1. The molecule has 8 heteroatoms. The number of ether oxygens (including phenoxy) is 1. The normalized spacial score (nSPS) is 18.9. The quantitative estimate of drug-likeness (QED) is 0.231. The number of phosphoric acid groups is 1. The zero-order chi connectivity index (χ0) is 23.8. The minimum Gasteiger partial charge on any atom is -0.413 e. The van der Waals surface area contributed by atoms with Gasteiger partial charge in [0, 0.05) is 5.56 Å². The smallest absolute Gasteiger partial charge is 0.413 e. The topological polar surface area (TPSA) is 66.5 Å². The summed E-state index contributed by atoms with van der Waals surface area (Å²) in [4.78, 5) is 0. The molecule has 1 saturated heterocycles. The third-order valence-corrected chi connectivity index (χ3v) is 6.98. The number of epoxide rings is 1. The van der Waals surface area contributed by atoms with Crippen molar-refractivity contribution in [1.82, 2.24) is 0 Å². The first-order valence-corrected chi connectivity index (χ1v) is 15.2. The fourth-order valence-corrected chi connectivity index (χ4v) is 6.12. The Hall–Kier alpha value is -0.693. The molecule has 1 aromatic rings. The summed E-state index contributed by atoms with van der Waals surface area (Å²) < 4.78 is 43.5. The van der Waals surface area contributed by atoms with Crippen LogP contribution in [0, 0.1) is 5.41 Å². The van der Waals surface area contributed by atoms with Crippen LogP contribution in [0.5, 0.6) is 5.75 Å². The highest BCUT2D eigenvalue weighted by atomic mass is 31.2. The van der Waals surface area contributed by atoms with Crippen molar-refractivity contribution >= 4 is 16.9 Å². The fraction of sp³-hybridized carbons (Fsp3) is 0.739. The summed E-state index contributed by atoms with van der Waals surface area (Å²) in [5.41, 5.74) is 0.282. The van der Waals surface area contributed by atoms with Gasteiger partial charge in [-0.25, -0.2) is 4.57 Å². The molecule has 31 heavy (non-hydrogen) atoms. The Bertz CT molecular complexity index is 780. The standard InChI is InChI=1S/C23H41O6PSi/c1-21(2,3)20(27-31(10)11)17-14-16(19-15-25-19)12-13-18(17)26-30(24,28-22(4,5)6)29-23(7,8)9/h12-14,19-20,31H,15H2,1-11H3. The molecule has 2 unspecified atom stereocenters. The molecule has 1 fully saturated rings. The van der Waals surface area contributed by atoms with Crippen LogP contribution >= 0.6 is 7.82 Å². The molecule has 0 aliphatic carbocycles. The summed E-state index contributed by atoms with van der Waals surface area (Å²) in [6.07, 6.45) is -0.140. The maximum atomic E-state index is 13.8. The average Bonchev–Trinajstić information content (AvgIpc) is 3.32. The van der Waals surface area contributed by atoms with E-state index in [0.717, 1.165) is 11.1 Å². The van der Waals surface area contributed by atoms with Crippen molar-refractivity contribution in [3.63, 3.8) is 0 Å². The Morgan fingerprint density at radius 2 is 1.52 bits per heavy atom. The van der Waals surface area contributed by atoms with Crippen molar-refractivity contribution < 1.29 is 27.3 Å². The van der Waals surface area contributed by atoms with E-state index in [-0.39, 0.29) is 17.6 Å². The summed E-state index contributed by atoms with van der Waals surface area (Å²) in [6, 6.07) is 5.83. The van der Waals surface area contributed by atoms with E-state index in [4.69, 9.17) is 22.7 Å². The summed E-state index contributed by atoms with van der Waals surface area (Å²) in [5, 5.41) is 0. The SMILES string of the molecule is C[SiH](C)OC(c1cc(C2CO2)ccc1OP(=O)(OC(C)(C)C)OC(C)(C)C)C(C)(C)C. The van der Waals surface area contributed by atoms with Gasteiger partial charge in [-0.3, -0.25) is 9.05 Å². The van der Waals surface area contributed by atoms with Crippen LogP contribution < -0.4 is 4.52 Å². The maximum Gasteiger partial charge on any atom is 0.531 e. The second kappa shape index (κ2) is 9.28. The van der Waals surface area contributed by atoms with Gasteiger partial charge in [-0.2, -0.15) is 0 Å². The molecule has 178 valence electrons. The third kappa shape index (κ3) is 8.63. The number of hydrogen-bond donors (Lipinski definition) is 0. The Morgan fingerprint density at radius 1 is 1.00 bits per heavy atom. The molecule has 0 spiro atoms. The highest BCUT2D eigenvalue weighted by Crippen LogP contribution is 2.57. The molecule has 0 N–H and O–H groups in total. The average molecular weight is 473 g/mol. The lowest BCUT2D eigenvalue weighted by Crippen LogP contribution is -2.28. The first-order chi connectivity index (χ1) is 13.9. The van der Waals surface area contributed by atoms with Crippen molar-refractivity contribution in [2.75, 3.05) is 6.61 Å². The molecular formula is C23H41O6PSi. The molecule has 0 bridgehead atoms. The molecule has 0 aromatic heterocycles. The van der Waals surface area contributed by atoms with Gasteiger partial charge in [0.25, 0.3) is 0 Å². The lowest BCUT2D eigenvalue weighted by Gasteiger charge is -2.35. The largest absolute Gasteiger partial charge is 0.531 e. The Balaban J connectivity index is 2.55. The molecular weight excluding hydrogens is 431 g/mol. The van der Waals surface area contributed by atoms with Crippen LogP contribution in [0.3, 0.4) is 0 Å². The van der Waals surface area contributed by atoms with Crippen molar-refractivity contribution in [2.45, 2.75) is 98.8 Å². The van der Waals surface area contributed by atoms with Crippen LogP contribution in [0.15, 0.2) is 18.2 Å². The van der Waals surface area contributed by atoms with Crippen LogP contribution in [0.25, 0.3) is 0 Å². The second-order valence-electron chi connectivity index (χ2n) is 11.5. The number of rotatable bonds is 8. The van der Waals surface area contributed by atoms with E-state index in [1.807, 2.05) is 53.7 Å². The van der Waals surface area contributed by atoms with Crippen molar-refractivity contribution in [3.8, 4) is 5.75 Å². The second-order valence-corrected chi connectivity index (χ2v) is 15.3. The molecule has 6 nitrogen and oxygen atoms in total. The molecule has 0 radical (unpaired) electrons. The monoisotopic (exact) mass is 472 g/mol.